The number of para-hydroxylation sites is 1. The van der Waals surface area contributed by atoms with E-state index in [1.54, 1.807) is 31.2 Å². The van der Waals surface area contributed by atoms with Gasteiger partial charge in [-0.05, 0) is 12.1 Å². The van der Waals surface area contributed by atoms with Gasteiger partial charge in [-0.1, -0.05) is 19.1 Å². The van der Waals surface area contributed by atoms with Gasteiger partial charge in [0.25, 0.3) is 0 Å². The smallest absolute Gasteiger partial charge is 0.179 e. The summed E-state index contributed by atoms with van der Waals surface area (Å²) in [5.74, 6) is 0.973. The van der Waals surface area contributed by atoms with Crippen LogP contribution in [-0.4, -0.2) is 28.6 Å². The monoisotopic (exact) mass is 226 g/mol. The van der Waals surface area contributed by atoms with Crippen LogP contribution >= 0.6 is 0 Å². The summed E-state index contributed by atoms with van der Waals surface area (Å²) in [6.07, 6.45) is 0. The quantitative estimate of drug-likeness (QED) is 0.717. The first kappa shape index (κ1) is 11.9. The van der Waals surface area contributed by atoms with Gasteiger partial charge in [0.15, 0.2) is 5.78 Å². The molecule has 0 aliphatic heterocycles. The first-order chi connectivity index (χ1) is 7.19. The molecule has 0 bridgehead atoms. The summed E-state index contributed by atoms with van der Waals surface area (Å²) in [5.41, 5.74) is 0.502. The van der Waals surface area contributed by atoms with Crippen molar-refractivity contribution in [3.05, 3.63) is 29.8 Å². The number of carbonyl (C=O) groups is 1. The lowest BCUT2D eigenvalue weighted by molar-refractivity contribution is 0.101. The van der Waals surface area contributed by atoms with E-state index in [0.29, 0.717) is 17.1 Å². The third-order valence-corrected chi connectivity index (χ3v) is 3.25. The average Bonchev–Trinajstić information content (AvgIpc) is 2.28. The van der Waals surface area contributed by atoms with Crippen LogP contribution in [0.25, 0.3) is 0 Å². The lowest BCUT2D eigenvalue weighted by atomic mass is 10.1. The number of hydrogen-bond acceptors (Lipinski definition) is 3. The number of ether oxygens (including phenoxy) is 1. The van der Waals surface area contributed by atoms with Gasteiger partial charge in [0, 0.05) is 16.6 Å². The Morgan fingerprint density at radius 2 is 2.07 bits per heavy atom. The van der Waals surface area contributed by atoms with E-state index in [0.717, 1.165) is 0 Å². The number of carbonyl (C=O) groups excluding carboxylic acids is 1. The van der Waals surface area contributed by atoms with Gasteiger partial charge < -0.3 is 4.74 Å². The summed E-state index contributed by atoms with van der Waals surface area (Å²) in [6.45, 7) is 1.80. The van der Waals surface area contributed by atoms with E-state index in [2.05, 4.69) is 0 Å². The predicted octanol–water partition coefficient (Wildman–Crippen LogP) is 1.65. The van der Waals surface area contributed by atoms with Crippen molar-refractivity contribution in [1.82, 2.24) is 0 Å². The van der Waals surface area contributed by atoms with Crippen molar-refractivity contribution in [1.29, 1.82) is 0 Å². The number of ketones is 1. The third-order valence-electron chi connectivity index (χ3n) is 2.02. The van der Waals surface area contributed by atoms with Gasteiger partial charge in [0.2, 0.25) is 0 Å². The van der Waals surface area contributed by atoms with Gasteiger partial charge in [-0.2, -0.15) is 0 Å². The van der Waals surface area contributed by atoms with Gasteiger partial charge in [0.05, 0.1) is 18.4 Å². The largest absolute Gasteiger partial charge is 0.496 e. The molecular formula is C11H14O3S. The van der Waals surface area contributed by atoms with E-state index in [9.17, 15) is 9.00 Å². The van der Waals surface area contributed by atoms with Crippen molar-refractivity contribution in [3.8, 4) is 5.75 Å². The second kappa shape index (κ2) is 5.66. The fraction of sp³-hybridized carbons (Fsp3) is 0.364. The molecule has 0 aliphatic rings. The van der Waals surface area contributed by atoms with Gasteiger partial charge in [-0.25, -0.2) is 0 Å². The second-order valence-corrected chi connectivity index (χ2v) is 4.74. The zero-order valence-corrected chi connectivity index (χ0v) is 9.67. The zero-order valence-electron chi connectivity index (χ0n) is 8.86. The molecule has 0 saturated carbocycles. The molecule has 1 aromatic rings. The van der Waals surface area contributed by atoms with Crippen molar-refractivity contribution in [2.45, 2.75) is 6.92 Å². The molecule has 0 heterocycles. The summed E-state index contributed by atoms with van der Waals surface area (Å²) in [7, 11) is 0.444. The van der Waals surface area contributed by atoms with Crippen molar-refractivity contribution < 1.29 is 13.7 Å². The second-order valence-electron chi connectivity index (χ2n) is 3.00. The number of methoxy groups -OCH3 is 1. The van der Waals surface area contributed by atoms with Gasteiger partial charge >= 0.3 is 0 Å². The van der Waals surface area contributed by atoms with E-state index in [1.165, 1.54) is 7.11 Å². The van der Waals surface area contributed by atoms with Crippen LogP contribution < -0.4 is 4.74 Å². The molecular weight excluding hydrogens is 212 g/mol. The molecule has 1 atom stereocenters. The Hall–Kier alpha value is -1.16. The highest BCUT2D eigenvalue weighted by Crippen LogP contribution is 2.17. The highest BCUT2D eigenvalue weighted by molar-refractivity contribution is 7.85. The Labute approximate surface area is 91.9 Å². The molecule has 0 aromatic heterocycles. The molecule has 1 unspecified atom stereocenters. The van der Waals surface area contributed by atoms with Crippen molar-refractivity contribution in [2.75, 3.05) is 18.6 Å². The van der Waals surface area contributed by atoms with Crippen molar-refractivity contribution >= 4 is 16.6 Å². The van der Waals surface area contributed by atoms with E-state index in [1.807, 2.05) is 0 Å². The van der Waals surface area contributed by atoms with Crippen LogP contribution in [0.4, 0.5) is 0 Å². The van der Waals surface area contributed by atoms with Crippen LogP contribution in [0.5, 0.6) is 5.75 Å². The van der Waals surface area contributed by atoms with Crippen LogP contribution in [0.1, 0.15) is 17.3 Å². The maximum atomic E-state index is 11.7. The minimum absolute atomic E-state index is 0.0663. The maximum absolute atomic E-state index is 11.7. The highest BCUT2D eigenvalue weighted by atomic mass is 32.2. The minimum atomic E-state index is -1.07. The van der Waals surface area contributed by atoms with Crippen LogP contribution in [-0.2, 0) is 10.8 Å². The molecule has 0 saturated heterocycles. The molecule has 1 aromatic carbocycles. The van der Waals surface area contributed by atoms with Crippen molar-refractivity contribution in [2.24, 2.45) is 0 Å². The number of rotatable bonds is 5. The summed E-state index contributed by atoms with van der Waals surface area (Å²) in [6, 6.07) is 6.98. The highest BCUT2D eigenvalue weighted by Gasteiger charge is 2.13. The fourth-order valence-electron chi connectivity index (χ4n) is 1.20. The van der Waals surface area contributed by atoms with Crippen LogP contribution in [0.15, 0.2) is 24.3 Å². The fourth-order valence-corrected chi connectivity index (χ4v) is 1.85. The standard InChI is InChI=1S/C11H14O3S/c1-3-15(13)8-10(12)9-6-4-5-7-11(9)14-2/h4-7H,3,8H2,1-2H3. The molecule has 1 rings (SSSR count). The SMILES string of the molecule is CCS(=O)CC(=O)c1ccccc1OC. The third kappa shape index (κ3) is 3.16. The Morgan fingerprint density at radius 1 is 1.40 bits per heavy atom. The summed E-state index contributed by atoms with van der Waals surface area (Å²) < 4.78 is 16.3. The normalized spacial score (nSPS) is 12.1. The summed E-state index contributed by atoms with van der Waals surface area (Å²) in [5, 5.41) is 0. The Balaban J connectivity index is 2.86. The van der Waals surface area contributed by atoms with Crippen molar-refractivity contribution in [3.63, 3.8) is 0 Å². The molecule has 0 spiro atoms. The topological polar surface area (TPSA) is 43.4 Å². The summed E-state index contributed by atoms with van der Waals surface area (Å²) in [4.78, 5) is 11.7. The first-order valence-corrected chi connectivity index (χ1v) is 6.19. The Bertz CT molecular complexity index is 374. The molecule has 0 radical (unpaired) electrons. The van der Waals surface area contributed by atoms with E-state index in [-0.39, 0.29) is 11.5 Å². The number of benzene rings is 1. The van der Waals surface area contributed by atoms with E-state index in [4.69, 9.17) is 4.74 Å². The van der Waals surface area contributed by atoms with Gasteiger partial charge in [-0.15, -0.1) is 0 Å². The Kier molecular flexibility index (Phi) is 4.49. The lowest BCUT2D eigenvalue weighted by Crippen LogP contribution is -2.13. The van der Waals surface area contributed by atoms with Crippen LogP contribution in [0.3, 0.4) is 0 Å². The number of hydrogen-bond donors (Lipinski definition) is 0. The molecule has 15 heavy (non-hydrogen) atoms. The maximum Gasteiger partial charge on any atom is 0.179 e. The minimum Gasteiger partial charge on any atom is -0.496 e. The lowest BCUT2D eigenvalue weighted by Gasteiger charge is -2.06. The molecule has 4 heteroatoms. The van der Waals surface area contributed by atoms with Crippen LogP contribution in [0.2, 0.25) is 0 Å². The molecule has 3 nitrogen and oxygen atoms in total. The molecule has 0 fully saturated rings. The first-order valence-electron chi connectivity index (χ1n) is 4.70. The molecule has 82 valence electrons. The molecule has 0 N–H and O–H groups in total. The number of Topliss-reactive ketones (excluding diaryl/α,β-unsaturated/α-hetero) is 1. The Morgan fingerprint density at radius 3 is 2.67 bits per heavy atom. The molecule has 0 aliphatic carbocycles. The predicted molar refractivity (Wildman–Crippen MR) is 60.9 cm³/mol. The van der Waals surface area contributed by atoms with E-state index >= 15 is 0 Å². The summed E-state index contributed by atoms with van der Waals surface area (Å²) >= 11 is 0. The van der Waals surface area contributed by atoms with Gasteiger partial charge in [0.1, 0.15) is 5.75 Å². The van der Waals surface area contributed by atoms with E-state index < -0.39 is 10.8 Å². The van der Waals surface area contributed by atoms with Crippen LogP contribution in [0, 0.1) is 0 Å². The van der Waals surface area contributed by atoms with Gasteiger partial charge in [-0.3, -0.25) is 9.00 Å². The molecule has 0 amide bonds. The zero-order chi connectivity index (χ0) is 11.3. The average molecular weight is 226 g/mol.